The minimum atomic E-state index is -0.421. The summed E-state index contributed by atoms with van der Waals surface area (Å²) in [5.74, 6) is 0. The van der Waals surface area contributed by atoms with Gasteiger partial charge in [-0.25, -0.2) is 4.79 Å². The molecule has 1 aromatic carbocycles. The fraction of sp³-hybridized carbons (Fsp3) is 0.667. The topological polar surface area (TPSA) is 36.0 Å². The van der Waals surface area contributed by atoms with Gasteiger partial charge < -0.3 is 9.64 Å². The predicted molar refractivity (Wildman–Crippen MR) is 104 cm³/mol. The van der Waals surface area contributed by atoms with E-state index < -0.39 is 5.60 Å². The van der Waals surface area contributed by atoms with E-state index in [4.69, 9.17) is 4.74 Å². The molecule has 2 heterocycles. The summed E-state index contributed by atoms with van der Waals surface area (Å²) in [7, 11) is 0. The lowest BCUT2D eigenvalue weighted by atomic mass is 10.0. The third-order valence-electron chi connectivity index (χ3n) is 5.21. The maximum Gasteiger partial charge on any atom is 0.410 e. The summed E-state index contributed by atoms with van der Waals surface area (Å²) >= 11 is 0. The van der Waals surface area contributed by atoms with Gasteiger partial charge >= 0.3 is 6.09 Å². The highest BCUT2D eigenvalue weighted by Crippen LogP contribution is 2.20. The first-order valence-corrected chi connectivity index (χ1v) is 9.89. The first-order chi connectivity index (χ1) is 12.4. The molecule has 1 aromatic rings. The Labute approximate surface area is 157 Å². The van der Waals surface area contributed by atoms with E-state index in [-0.39, 0.29) is 6.09 Å². The first kappa shape index (κ1) is 19.2. The maximum atomic E-state index is 12.2. The lowest BCUT2D eigenvalue weighted by molar-refractivity contribution is 0.00411. The smallest absolute Gasteiger partial charge is 0.410 e. The molecule has 2 saturated heterocycles. The van der Waals surface area contributed by atoms with E-state index in [0.29, 0.717) is 6.04 Å². The van der Waals surface area contributed by atoms with E-state index >= 15 is 0 Å². The van der Waals surface area contributed by atoms with Crippen LogP contribution >= 0.6 is 0 Å². The Bertz CT molecular complexity index is 577. The Morgan fingerprint density at radius 2 is 1.77 bits per heavy atom. The van der Waals surface area contributed by atoms with Crippen molar-refractivity contribution in [2.45, 2.75) is 51.8 Å². The van der Waals surface area contributed by atoms with Gasteiger partial charge in [0.05, 0.1) is 0 Å². The Morgan fingerprint density at radius 1 is 1.08 bits per heavy atom. The van der Waals surface area contributed by atoms with E-state index in [1.165, 1.54) is 24.9 Å². The molecule has 0 N–H and O–H groups in total. The zero-order valence-electron chi connectivity index (χ0n) is 16.5. The van der Waals surface area contributed by atoms with Crippen molar-refractivity contribution in [3.8, 4) is 0 Å². The molecule has 2 aliphatic rings. The second-order valence-electron chi connectivity index (χ2n) is 8.52. The fourth-order valence-electron chi connectivity index (χ4n) is 3.91. The summed E-state index contributed by atoms with van der Waals surface area (Å²) in [5.41, 5.74) is 0.970. The zero-order valence-corrected chi connectivity index (χ0v) is 16.5. The van der Waals surface area contributed by atoms with Crippen LogP contribution in [0.1, 0.15) is 39.2 Å². The molecular formula is C21H33N3O2. The summed E-state index contributed by atoms with van der Waals surface area (Å²) in [4.78, 5) is 19.2. The zero-order chi connectivity index (χ0) is 18.6. The highest BCUT2D eigenvalue weighted by Gasteiger charge is 2.31. The second-order valence-corrected chi connectivity index (χ2v) is 8.52. The van der Waals surface area contributed by atoms with E-state index in [0.717, 1.165) is 39.3 Å². The molecule has 2 aliphatic heterocycles. The molecule has 0 bridgehead atoms. The number of ether oxygens (including phenoxy) is 1. The standard InChI is InChI=1S/C21H33N3O2/c1-21(2,3)26-20(25)24-14-12-23(13-15-24)19-10-7-11-22(17-19)16-18-8-5-4-6-9-18/h4-6,8-9,19H,7,10-17H2,1-3H3. The van der Waals surface area contributed by atoms with Crippen molar-refractivity contribution in [3.63, 3.8) is 0 Å². The van der Waals surface area contributed by atoms with Gasteiger partial charge in [0.1, 0.15) is 5.60 Å². The Morgan fingerprint density at radius 3 is 2.42 bits per heavy atom. The van der Waals surface area contributed by atoms with Crippen LogP contribution < -0.4 is 0 Å². The first-order valence-electron chi connectivity index (χ1n) is 9.89. The quantitative estimate of drug-likeness (QED) is 0.830. The average Bonchev–Trinajstić information content (AvgIpc) is 2.61. The summed E-state index contributed by atoms with van der Waals surface area (Å²) in [6.07, 6.45) is 2.34. The van der Waals surface area contributed by atoms with Gasteiger partial charge in [-0.3, -0.25) is 9.80 Å². The SMILES string of the molecule is CC(C)(C)OC(=O)N1CCN(C2CCCN(Cc3ccccc3)C2)CC1. The summed E-state index contributed by atoms with van der Waals surface area (Å²) in [6.45, 7) is 12.5. The molecule has 0 saturated carbocycles. The van der Waals surface area contributed by atoms with E-state index in [1.54, 1.807) is 0 Å². The third kappa shape index (κ3) is 5.45. The molecule has 1 atom stereocenters. The fourth-order valence-corrected chi connectivity index (χ4v) is 3.91. The predicted octanol–water partition coefficient (Wildman–Crippen LogP) is 3.20. The number of rotatable bonds is 3. The van der Waals surface area contributed by atoms with E-state index in [1.807, 2.05) is 25.7 Å². The van der Waals surface area contributed by atoms with E-state index in [9.17, 15) is 4.79 Å². The van der Waals surface area contributed by atoms with Crippen molar-refractivity contribution >= 4 is 6.09 Å². The van der Waals surface area contributed by atoms with Crippen LogP contribution in [0.4, 0.5) is 4.79 Å². The number of hydrogen-bond acceptors (Lipinski definition) is 4. The summed E-state index contributed by atoms with van der Waals surface area (Å²) in [6, 6.07) is 11.3. The molecule has 144 valence electrons. The van der Waals surface area contributed by atoms with Crippen LogP contribution in [0.25, 0.3) is 0 Å². The van der Waals surface area contributed by atoms with Gasteiger partial charge in [0.15, 0.2) is 0 Å². The van der Waals surface area contributed by atoms with Crippen molar-refractivity contribution < 1.29 is 9.53 Å². The number of amides is 1. The van der Waals surface area contributed by atoms with Crippen molar-refractivity contribution in [2.75, 3.05) is 39.3 Å². The van der Waals surface area contributed by atoms with Crippen LogP contribution in [0.5, 0.6) is 0 Å². The normalized spacial score (nSPS) is 23.0. The molecule has 0 spiro atoms. The third-order valence-corrected chi connectivity index (χ3v) is 5.21. The number of piperazine rings is 1. The largest absolute Gasteiger partial charge is 0.444 e. The van der Waals surface area contributed by atoms with Crippen molar-refractivity contribution in [1.82, 2.24) is 14.7 Å². The van der Waals surface area contributed by atoms with Crippen LogP contribution in [0.2, 0.25) is 0 Å². The van der Waals surface area contributed by atoms with Gasteiger partial charge in [0.25, 0.3) is 0 Å². The van der Waals surface area contributed by atoms with E-state index in [2.05, 4.69) is 40.1 Å². The van der Waals surface area contributed by atoms with Gasteiger partial charge in [-0.2, -0.15) is 0 Å². The highest BCUT2D eigenvalue weighted by atomic mass is 16.6. The van der Waals surface area contributed by atoms with Gasteiger partial charge in [0, 0.05) is 45.3 Å². The minimum Gasteiger partial charge on any atom is -0.444 e. The van der Waals surface area contributed by atoms with Crippen LogP contribution in [-0.2, 0) is 11.3 Å². The number of likely N-dealkylation sites (tertiary alicyclic amines) is 1. The van der Waals surface area contributed by atoms with Crippen molar-refractivity contribution in [1.29, 1.82) is 0 Å². The van der Waals surface area contributed by atoms with Crippen LogP contribution in [0, 0.1) is 0 Å². The number of benzene rings is 1. The molecule has 2 fully saturated rings. The molecule has 1 amide bonds. The van der Waals surface area contributed by atoms with Crippen LogP contribution in [0.15, 0.2) is 30.3 Å². The Kier molecular flexibility index (Phi) is 6.20. The second kappa shape index (κ2) is 8.40. The molecule has 5 heteroatoms. The van der Waals surface area contributed by atoms with Gasteiger partial charge in [-0.15, -0.1) is 0 Å². The Balaban J connectivity index is 1.47. The average molecular weight is 360 g/mol. The van der Waals surface area contributed by atoms with Crippen LogP contribution in [0.3, 0.4) is 0 Å². The van der Waals surface area contributed by atoms with Gasteiger partial charge in [-0.05, 0) is 45.7 Å². The summed E-state index contributed by atoms with van der Waals surface area (Å²) < 4.78 is 5.50. The number of hydrogen-bond donors (Lipinski definition) is 0. The molecule has 0 aliphatic carbocycles. The number of carbonyl (C=O) groups excluding carboxylic acids is 1. The van der Waals surface area contributed by atoms with Crippen molar-refractivity contribution in [3.05, 3.63) is 35.9 Å². The highest BCUT2D eigenvalue weighted by molar-refractivity contribution is 5.68. The molecular weight excluding hydrogens is 326 g/mol. The number of carbonyl (C=O) groups is 1. The maximum absolute atomic E-state index is 12.2. The molecule has 0 radical (unpaired) electrons. The van der Waals surface area contributed by atoms with Gasteiger partial charge in [0.2, 0.25) is 0 Å². The molecule has 3 rings (SSSR count). The minimum absolute atomic E-state index is 0.175. The van der Waals surface area contributed by atoms with Crippen LogP contribution in [-0.4, -0.2) is 71.7 Å². The van der Waals surface area contributed by atoms with Gasteiger partial charge in [-0.1, -0.05) is 30.3 Å². The number of nitrogens with zero attached hydrogens (tertiary/aromatic N) is 3. The number of piperidine rings is 1. The monoisotopic (exact) mass is 359 g/mol. The lowest BCUT2D eigenvalue weighted by Crippen LogP contribution is -2.56. The molecule has 1 unspecified atom stereocenters. The lowest BCUT2D eigenvalue weighted by Gasteiger charge is -2.43. The molecule has 26 heavy (non-hydrogen) atoms. The molecule has 5 nitrogen and oxygen atoms in total. The summed E-state index contributed by atoms with van der Waals surface area (Å²) in [5, 5.41) is 0. The Hall–Kier alpha value is -1.59. The molecule has 0 aromatic heterocycles. The van der Waals surface area contributed by atoms with Crippen molar-refractivity contribution in [2.24, 2.45) is 0 Å².